The van der Waals surface area contributed by atoms with Crippen molar-refractivity contribution < 1.29 is 13.2 Å². The molecule has 0 saturated carbocycles. The van der Waals surface area contributed by atoms with Crippen molar-refractivity contribution in [3.63, 3.8) is 0 Å². The second-order valence-corrected chi connectivity index (χ2v) is 10.5. The third kappa shape index (κ3) is 4.07. The van der Waals surface area contributed by atoms with E-state index >= 15 is 0 Å². The van der Waals surface area contributed by atoms with Crippen LogP contribution in [-0.2, 0) is 14.6 Å². The van der Waals surface area contributed by atoms with Crippen LogP contribution < -0.4 is 4.90 Å². The van der Waals surface area contributed by atoms with Gasteiger partial charge in [0.15, 0.2) is 9.84 Å². The summed E-state index contributed by atoms with van der Waals surface area (Å²) in [5.41, 5.74) is 0.520. The van der Waals surface area contributed by atoms with E-state index in [9.17, 15) is 13.2 Å². The van der Waals surface area contributed by atoms with E-state index < -0.39 is 9.84 Å². The molecule has 2 unspecified atom stereocenters. The fourth-order valence-electron chi connectivity index (χ4n) is 4.27. The van der Waals surface area contributed by atoms with E-state index in [1.165, 1.54) is 0 Å². The monoisotopic (exact) mass is 488 g/mol. The highest BCUT2D eigenvalue weighted by Gasteiger charge is 2.42. The molecule has 30 heavy (non-hydrogen) atoms. The molecule has 7 nitrogen and oxygen atoms in total. The number of nitrogens with zero attached hydrogens (tertiary/aromatic N) is 4. The highest BCUT2D eigenvalue weighted by atomic mass is 79.9. The number of rotatable bonds is 5. The summed E-state index contributed by atoms with van der Waals surface area (Å²) >= 11 is 3.27. The maximum atomic E-state index is 12.8. The minimum absolute atomic E-state index is 0.0295. The van der Waals surface area contributed by atoms with Gasteiger partial charge in [-0.15, -0.1) is 0 Å². The number of anilines is 1. The lowest BCUT2D eigenvalue weighted by Gasteiger charge is -2.41. The van der Waals surface area contributed by atoms with E-state index in [0.29, 0.717) is 23.1 Å². The predicted molar refractivity (Wildman–Crippen MR) is 116 cm³/mol. The number of fused-ring (bicyclic) bond motifs is 2. The quantitative estimate of drug-likeness (QED) is 0.641. The molecule has 9 heteroatoms. The zero-order valence-corrected chi connectivity index (χ0v) is 18.6. The summed E-state index contributed by atoms with van der Waals surface area (Å²) < 4.78 is 25.8. The molecular weight excluding hydrogens is 468 g/mol. The van der Waals surface area contributed by atoms with Gasteiger partial charge in [0.05, 0.1) is 16.2 Å². The third-order valence-corrected chi connectivity index (χ3v) is 8.45. The number of nitriles is 1. The van der Waals surface area contributed by atoms with Gasteiger partial charge in [-0.3, -0.25) is 4.79 Å². The summed E-state index contributed by atoms with van der Waals surface area (Å²) in [5, 5.41) is 8.95. The van der Waals surface area contributed by atoms with E-state index in [0.717, 1.165) is 18.7 Å². The second-order valence-electron chi connectivity index (χ2n) is 7.61. The highest BCUT2D eigenvalue weighted by Crippen LogP contribution is 2.34. The zero-order valence-electron chi connectivity index (χ0n) is 16.2. The van der Waals surface area contributed by atoms with Gasteiger partial charge < -0.3 is 9.80 Å². The van der Waals surface area contributed by atoms with E-state index in [1.54, 1.807) is 41.4 Å². The maximum absolute atomic E-state index is 12.8. The molecule has 4 rings (SSSR count). The van der Waals surface area contributed by atoms with Gasteiger partial charge in [-0.25, -0.2) is 13.4 Å². The molecule has 2 aliphatic rings. The molecule has 0 aliphatic carbocycles. The SMILES string of the molecule is N#Cc1ccc(N2C3CCC2CN(C(=O)CCS(=O)(=O)c2ccccc2Br)C3)nc1. The molecule has 156 valence electrons. The van der Waals surface area contributed by atoms with Gasteiger partial charge in [-0.05, 0) is 53.0 Å². The van der Waals surface area contributed by atoms with Crippen molar-refractivity contribution in [1.29, 1.82) is 5.26 Å². The lowest BCUT2D eigenvalue weighted by molar-refractivity contribution is -0.131. The average Bonchev–Trinajstić information content (AvgIpc) is 3.01. The van der Waals surface area contributed by atoms with Crippen molar-refractivity contribution in [1.82, 2.24) is 9.88 Å². The van der Waals surface area contributed by atoms with Crippen molar-refractivity contribution in [2.75, 3.05) is 23.7 Å². The molecule has 2 aromatic rings. The van der Waals surface area contributed by atoms with Gasteiger partial charge in [0, 0.05) is 42.3 Å². The number of carbonyl (C=O) groups excluding carboxylic acids is 1. The Morgan fingerprint density at radius 1 is 1.17 bits per heavy atom. The molecule has 0 N–H and O–H groups in total. The number of likely N-dealkylation sites (tertiary alicyclic amines) is 1. The number of halogens is 1. The van der Waals surface area contributed by atoms with Gasteiger partial charge in [0.2, 0.25) is 5.91 Å². The molecule has 2 atom stereocenters. The van der Waals surface area contributed by atoms with Crippen molar-refractivity contribution >= 4 is 37.5 Å². The van der Waals surface area contributed by atoms with E-state index in [1.807, 2.05) is 6.07 Å². The first-order valence-electron chi connectivity index (χ1n) is 9.78. The molecule has 3 heterocycles. The summed E-state index contributed by atoms with van der Waals surface area (Å²) in [6.45, 7) is 1.12. The summed E-state index contributed by atoms with van der Waals surface area (Å²) in [5.74, 6) is 0.487. The minimum atomic E-state index is -3.54. The Morgan fingerprint density at radius 3 is 2.47 bits per heavy atom. The van der Waals surface area contributed by atoms with Crippen molar-refractivity contribution in [2.45, 2.75) is 36.2 Å². The van der Waals surface area contributed by atoms with Crippen LogP contribution in [-0.4, -0.2) is 55.1 Å². The first-order valence-corrected chi connectivity index (χ1v) is 12.2. The van der Waals surface area contributed by atoms with Gasteiger partial charge in [-0.2, -0.15) is 5.26 Å². The van der Waals surface area contributed by atoms with Gasteiger partial charge in [-0.1, -0.05) is 12.1 Å². The Balaban J connectivity index is 1.40. The molecule has 2 fully saturated rings. The highest BCUT2D eigenvalue weighted by molar-refractivity contribution is 9.10. The number of piperazine rings is 1. The summed E-state index contributed by atoms with van der Waals surface area (Å²) in [6, 6.07) is 12.7. The molecule has 2 aliphatic heterocycles. The van der Waals surface area contributed by atoms with Crippen molar-refractivity contribution in [3.8, 4) is 6.07 Å². The van der Waals surface area contributed by atoms with Crippen LogP contribution in [0, 0.1) is 11.3 Å². The molecular formula is C21H21BrN4O3S. The first-order chi connectivity index (χ1) is 14.4. The van der Waals surface area contributed by atoms with Crippen LogP contribution >= 0.6 is 15.9 Å². The number of sulfone groups is 1. The normalized spacial score (nSPS) is 20.8. The largest absolute Gasteiger partial charge is 0.347 e. The van der Waals surface area contributed by atoms with Gasteiger partial charge in [0.1, 0.15) is 11.9 Å². The Hall–Kier alpha value is -2.44. The van der Waals surface area contributed by atoms with E-state index in [2.05, 4.69) is 31.9 Å². The molecule has 1 amide bonds. The van der Waals surface area contributed by atoms with E-state index in [-0.39, 0.29) is 35.1 Å². The van der Waals surface area contributed by atoms with Crippen LogP contribution in [0.15, 0.2) is 52.0 Å². The second kappa shape index (κ2) is 8.36. The van der Waals surface area contributed by atoms with Crippen LogP contribution in [0.4, 0.5) is 5.82 Å². The molecule has 0 spiro atoms. The van der Waals surface area contributed by atoms with Crippen molar-refractivity contribution in [3.05, 3.63) is 52.6 Å². The number of hydrogen-bond acceptors (Lipinski definition) is 6. The number of hydrogen-bond donors (Lipinski definition) is 0. The fraction of sp³-hybridized carbons (Fsp3) is 0.381. The Bertz CT molecular complexity index is 1080. The zero-order chi connectivity index (χ0) is 21.3. The Labute approximate surface area is 184 Å². The molecule has 1 aromatic heterocycles. The minimum Gasteiger partial charge on any atom is -0.347 e. The van der Waals surface area contributed by atoms with Gasteiger partial charge in [0.25, 0.3) is 0 Å². The Kier molecular flexibility index (Phi) is 5.80. The number of carbonyl (C=O) groups is 1. The number of aromatic nitrogens is 1. The number of benzene rings is 1. The molecule has 2 bridgehead atoms. The Morgan fingerprint density at radius 2 is 1.87 bits per heavy atom. The molecule has 1 aromatic carbocycles. The fourth-order valence-corrected chi connectivity index (χ4v) is 6.61. The molecule has 0 radical (unpaired) electrons. The van der Waals surface area contributed by atoms with Crippen LogP contribution in [0.3, 0.4) is 0 Å². The van der Waals surface area contributed by atoms with E-state index in [4.69, 9.17) is 5.26 Å². The summed E-state index contributed by atoms with van der Waals surface area (Å²) in [6.07, 6.45) is 3.47. The predicted octanol–water partition coefficient (Wildman–Crippen LogP) is 2.76. The number of amides is 1. The third-order valence-electron chi connectivity index (χ3n) is 5.73. The van der Waals surface area contributed by atoms with Crippen molar-refractivity contribution in [2.24, 2.45) is 0 Å². The first kappa shape index (κ1) is 20.8. The average molecular weight is 489 g/mol. The van der Waals surface area contributed by atoms with Gasteiger partial charge >= 0.3 is 0 Å². The smallest absolute Gasteiger partial charge is 0.223 e. The standard InChI is InChI=1S/C21H21BrN4O3S/c22-18-3-1-2-4-19(18)30(28,29)10-9-21(27)25-13-16-6-7-17(14-25)26(16)20-8-5-15(11-23)12-24-20/h1-5,8,12,16-17H,6-7,9-10,13-14H2. The summed E-state index contributed by atoms with van der Waals surface area (Å²) in [7, 11) is -3.54. The number of pyridine rings is 1. The molecule has 2 saturated heterocycles. The van der Waals surface area contributed by atoms with Crippen LogP contribution in [0.25, 0.3) is 0 Å². The van der Waals surface area contributed by atoms with Crippen LogP contribution in [0.1, 0.15) is 24.8 Å². The summed E-state index contributed by atoms with van der Waals surface area (Å²) in [4.78, 5) is 21.4. The lowest BCUT2D eigenvalue weighted by atomic mass is 10.1. The maximum Gasteiger partial charge on any atom is 0.223 e. The lowest BCUT2D eigenvalue weighted by Crippen LogP contribution is -2.55. The topological polar surface area (TPSA) is 94.4 Å². The van der Waals surface area contributed by atoms with Crippen LogP contribution in [0.2, 0.25) is 0 Å². The van der Waals surface area contributed by atoms with Crippen LogP contribution in [0.5, 0.6) is 0 Å².